The van der Waals surface area contributed by atoms with E-state index in [4.69, 9.17) is 4.42 Å². The van der Waals surface area contributed by atoms with Gasteiger partial charge in [-0.3, -0.25) is 19.7 Å². The van der Waals surface area contributed by atoms with Crippen LogP contribution in [0.5, 0.6) is 5.75 Å². The molecule has 0 atom stereocenters. The number of nitro benzene ring substituents is 1. The minimum atomic E-state index is -0.734. The molecule has 7 heteroatoms. The zero-order chi connectivity index (χ0) is 17.4. The van der Waals surface area contributed by atoms with E-state index in [1.54, 1.807) is 13.0 Å². The maximum absolute atomic E-state index is 12.7. The van der Waals surface area contributed by atoms with Gasteiger partial charge in [0.05, 0.1) is 15.9 Å². The smallest absolute Gasteiger partial charge is 0.311 e. The molecule has 0 aliphatic heterocycles. The van der Waals surface area contributed by atoms with E-state index in [1.165, 1.54) is 18.4 Å². The summed E-state index contributed by atoms with van der Waals surface area (Å²) in [6, 6.07) is 6.68. The Labute approximate surface area is 134 Å². The molecule has 0 aliphatic carbocycles. The molecule has 2 aromatic carbocycles. The van der Waals surface area contributed by atoms with E-state index in [2.05, 4.69) is 0 Å². The van der Waals surface area contributed by atoms with Crippen molar-refractivity contribution in [2.75, 3.05) is 0 Å². The van der Waals surface area contributed by atoms with Gasteiger partial charge < -0.3 is 9.52 Å². The summed E-state index contributed by atoms with van der Waals surface area (Å²) in [7, 11) is 0. The molecule has 0 saturated carbocycles. The van der Waals surface area contributed by atoms with E-state index in [1.807, 2.05) is 0 Å². The summed E-state index contributed by atoms with van der Waals surface area (Å²) in [5.74, 6) is -0.486. The fourth-order valence-electron chi connectivity index (χ4n) is 2.46. The summed E-state index contributed by atoms with van der Waals surface area (Å²) < 4.78 is 5.41. The number of aromatic hydroxyl groups is 1. The van der Waals surface area contributed by atoms with Gasteiger partial charge in [-0.25, -0.2) is 0 Å². The lowest BCUT2D eigenvalue weighted by molar-refractivity contribution is -0.385. The molecule has 0 fully saturated rings. The fourth-order valence-corrected chi connectivity index (χ4v) is 2.46. The monoisotopic (exact) mass is 325 g/mol. The molecule has 0 amide bonds. The van der Waals surface area contributed by atoms with Crippen LogP contribution < -0.4 is 5.43 Å². The lowest BCUT2D eigenvalue weighted by atomic mass is 10.0. The Bertz CT molecular complexity index is 1050. The predicted octanol–water partition coefficient (Wildman–Crippen LogP) is 3.19. The molecular weight excluding hydrogens is 314 g/mol. The van der Waals surface area contributed by atoms with Crippen molar-refractivity contribution in [2.24, 2.45) is 0 Å². The summed E-state index contributed by atoms with van der Waals surface area (Å²) in [5.41, 5.74) is 0.800. The highest BCUT2D eigenvalue weighted by Crippen LogP contribution is 2.31. The molecule has 24 heavy (non-hydrogen) atoms. The quantitative estimate of drug-likeness (QED) is 0.450. The van der Waals surface area contributed by atoms with Crippen LogP contribution in [0.4, 0.5) is 5.69 Å². The molecular formula is C17H11NO6. The SMILES string of the molecule is Cc1cc2c(=O)c(-c3ccc(O)c([N+](=O)[O-])c3)coc2cc1C=O. The lowest BCUT2D eigenvalue weighted by Crippen LogP contribution is -2.06. The fraction of sp³-hybridized carbons (Fsp3) is 0.0588. The molecule has 0 spiro atoms. The number of nitrogens with zero attached hydrogens (tertiary/aromatic N) is 1. The van der Waals surface area contributed by atoms with Crippen molar-refractivity contribution >= 4 is 22.9 Å². The maximum Gasteiger partial charge on any atom is 0.311 e. The van der Waals surface area contributed by atoms with Gasteiger partial charge in [-0.2, -0.15) is 0 Å². The molecule has 120 valence electrons. The Morgan fingerprint density at radius 1 is 1.25 bits per heavy atom. The van der Waals surface area contributed by atoms with Crippen LogP contribution in [0.15, 0.2) is 45.8 Å². The molecule has 7 nitrogen and oxygen atoms in total. The first-order valence-corrected chi connectivity index (χ1v) is 6.91. The van der Waals surface area contributed by atoms with Crippen molar-refractivity contribution in [2.45, 2.75) is 6.92 Å². The maximum atomic E-state index is 12.7. The first-order chi connectivity index (χ1) is 11.4. The van der Waals surface area contributed by atoms with Gasteiger partial charge in [-0.05, 0) is 42.3 Å². The van der Waals surface area contributed by atoms with Crippen molar-refractivity contribution in [1.29, 1.82) is 0 Å². The third-order valence-corrected chi connectivity index (χ3v) is 3.77. The van der Waals surface area contributed by atoms with Gasteiger partial charge in [0.15, 0.2) is 5.75 Å². The van der Waals surface area contributed by atoms with E-state index in [9.17, 15) is 24.8 Å². The summed E-state index contributed by atoms with van der Waals surface area (Å²) in [5, 5.41) is 20.7. The Hall–Kier alpha value is -3.48. The molecule has 0 radical (unpaired) electrons. The minimum Gasteiger partial charge on any atom is -0.502 e. The van der Waals surface area contributed by atoms with E-state index in [-0.39, 0.29) is 27.5 Å². The molecule has 1 heterocycles. The molecule has 0 bridgehead atoms. The van der Waals surface area contributed by atoms with E-state index < -0.39 is 16.4 Å². The van der Waals surface area contributed by atoms with Gasteiger partial charge in [0.2, 0.25) is 5.43 Å². The van der Waals surface area contributed by atoms with Crippen molar-refractivity contribution in [3.05, 3.63) is 68.1 Å². The molecule has 0 unspecified atom stereocenters. The Morgan fingerprint density at radius 3 is 2.67 bits per heavy atom. The summed E-state index contributed by atoms with van der Waals surface area (Å²) in [4.78, 5) is 33.8. The number of phenols is 1. The van der Waals surface area contributed by atoms with Crippen LogP contribution in [0.2, 0.25) is 0 Å². The predicted molar refractivity (Wildman–Crippen MR) is 86.4 cm³/mol. The number of hydrogen-bond acceptors (Lipinski definition) is 6. The largest absolute Gasteiger partial charge is 0.502 e. The number of aryl methyl sites for hydroxylation is 1. The van der Waals surface area contributed by atoms with Crippen LogP contribution >= 0.6 is 0 Å². The standard InChI is InChI=1S/C17H11NO6/c1-9-4-12-16(6-11(9)7-19)24-8-13(17(12)21)10-2-3-15(20)14(5-10)18(22)23/h2-8,20H,1H3. The molecule has 0 aliphatic rings. The topological polar surface area (TPSA) is 111 Å². The number of nitro groups is 1. The van der Waals surface area contributed by atoms with Crippen LogP contribution in [-0.2, 0) is 0 Å². The highest BCUT2D eigenvalue weighted by Gasteiger charge is 2.17. The van der Waals surface area contributed by atoms with Crippen molar-refractivity contribution in [3.63, 3.8) is 0 Å². The first kappa shape index (κ1) is 15.4. The van der Waals surface area contributed by atoms with Crippen LogP contribution in [-0.4, -0.2) is 16.3 Å². The normalized spacial score (nSPS) is 10.7. The van der Waals surface area contributed by atoms with Crippen molar-refractivity contribution in [3.8, 4) is 16.9 Å². The Morgan fingerprint density at radius 2 is 2.00 bits per heavy atom. The second kappa shape index (κ2) is 5.62. The molecule has 3 aromatic rings. The van der Waals surface area contributed by atoms with Gasteiger partial charge in [-0.15, -0.1) is 0 Å². The van der Waals surface area contributed by atoms with Crippen LogP contribution in [0.1, 0.15) is 15.9 Å². The average molecular weight is 325 g/mol. The third-order valence-electron chi connectivity index (χ3n) is 3.77. The number of fused-ring (bicyclic) bond motifs is 1. The zero-order valence-corrected chi connectivity index (χ0v) is 12.5. The highest BCUT2D eigenvalue weighted by molar-refractivity contribution is 5.89. The number of benzene rings is 2. The molecule has 3 rings (SSSR count). The highest BCUT2D eigenvalue weighted by atomic mass is 16.6. The van der Waals surface area contributed by atoms with Crippen LogP contribution in [0.25, 0.3) is 22.1 Å². The molecule has 1 N–H and O–H groups in total. The van der Waals surface area contributed by atoms with E-state index in [0.717, 1.165) is 12.1 Å². The minimum absolute atomic E-state index is 0.129. The number of hydrogen-bond donors (Lipinski definition) is 1. The number of phenolic OH excluding ortho intramolecular Hbond substituents is 1. The first-order valence-electron chi connectivity index (χ1n) is 6.91. The number of rotatable bonds is 3. The van der Waals surface area contributed by atoms with Crippen LogP contribution in [0.3, 0.4) is 0 Å². The Balaban J connectivity index is 2.27. The number of carbonyl (C=O) groups is 1. The Kier molecular flexibility index (Phi) is 3.61. The van der Waals surface area contributed by atoms with Crippen molar-refractivity contribution in [1.82, 2.24) is 0 Å². The van der Waals surface area contributed by atoms with Gasteiger partial charge in [0, 0.05) is 11.6 Å². The van der Waals surface area contributed by atoms with Gasteiger partial charge >= 0.3 is 5.69 Å². The van der Waals surface area contributed by atoms with Gasteiger partial charge in [0.25, 0.3) is 0 Å². The van der Waals surface area contributed by atoms with Crippen LogP contribution in [0, 0.1) is 17.0 Å². The van der Waals surface area contributed by atoms with Gasteiger partial charge in [0.1, 0.15) is 18.1 Å². The second-order valence-corrected chi connectivity index (χ2v) is 5.26. The second-order valence-electron chi connectivity index (χ2n) is 5.26. The van der Waals surface area contributed by atoms with Crippen molar-refractivity contribution < 1.29 is 19.2 Å². The zero-order valence-electron chi connectivity index (χ0n) is 12.5. The summed E-state index contributed by atoms with van der Waals surface area (Å²) in [6.45, 7) is 1.70. The summed E-state index contributed by atoms with van der Waals surface area (Å²) >= 11 is 0. The van der Waals surface area contributed by atoms with E-state index >= 15 is 0 Å². The number of carbonyl (C=O) groups excluding carboxylic acids is 1. The molecule has 1 aromatic heterocycles. The lowest BCUT2D eigenvalue weighted by Gasteiger charge is -2.05. The molecule has 0 saturated heterocycles. The third kappa shape index (κ3) is 2.41. The average Bonchev–Trinajstić information content (AvgIpc) is 2.56. The van der Waals surface area contributed by atoms with E-state index in [0.29, 0.717) is 17.4 Å². The number of aldehydes is 1. The summed E-state index contributed by atoms with van der Waals surface area (Å²) in [6.07, 6.45) is 1.86. The van der Waals surface area contributed by atoms with Gasteiger partial charge in [-0.1, -0.05) is 0 Å².